The summed E-state index contributed by atoms with van der Waals surface area (Å²) in [4.78, 5) is 12.7. The van der Waals surface area contributed by atoms with Crippen LogP contribution < -0.4 is 14.8 Å². The number of rotatable bonds is 9. The van der Waals surface area contributed by atoms with Gasteiger partial charge in [-0.25, -0.2) is 0 Å². The molecule has 0 fully saturated rings. The summed E-state index contributed by atoms with van der Waals surface area (Å²) in [5.41, 5.74) is 2.96. The van der Waals surface area contributed by atoms with E-state index in [0.717, 1.165) is 15.6 Å². The number of benzene rings is 3. The predicted molar refractivity (Wildman–Crippen MR) is 139 cm³/mol. The Morgan fingerprint density at radius 3 is 2.50 bits per heavy atom. The molecule has 3 aromatic rings. The maximum absolute atomic E-state index is 12.7. The van der Waals surface area contributed by atoms with Crippen molar-refractivity contribution in [3.05, 3.63) is 105 Å². The lowest BCUT2D eigenvalue weighted by Gasteiger charge is -2.16. The van der Waals surface area contributed by atoms with E-state index in [0.29, 0.717) is 40.8 Å². The number of halogens is 2. The van der Waals surface area contributed by atoms with Gasteiger partial charge < -0.3 is 14.8 Å². The molecule has 0 spiro atoms. The van der Waals surface area contributed by atoms with Gasteiger partial charge in [-0.15, -0.1) is 6.58 Å². The Hall–Kier alpha value is -3.53. The Labute approximate surface area is 212 Å². The molecule has 0 unspecified atom stereocenters. The normalized spacial score (nSPS) is 10.8. The second-order valence-electron chi connectivity index (χ2n) is 7.25. The van der Waals surface area contributed by atoms with Gasteiger partial charge in [-0.1, -0.05) is 45.7 Å². The van der Waals surface area contributed by atoms with Gasteiger partial charge in [0.15, 0.2) is 11.5 Å². The highest BCUT2D eigenvalue weighted by Gasteiger charge is 2.15. The monoisotopic (exact) mass is 536 g/mol. The molecule has 0 saturated carbocycles. The first kappa shape index (κ1) is 25.1. The summed E-state index contributed by atoms with van der Waals surface area (Å²) in [6, 6.07) is 20.0. The van der Waals surface area contributed by atoms with Gasteiger partial charge in [0.1, 0.15) is 18.2 Å². The third-order valence-corrected chi connectivity index (χ3v) is 5.59. The third-order valence-electron chi connectivity index (χ3n) is 4.81. The minimum absolute atomic E-state index is 0.0376. The van der Waals surface area contributed by atoms with Crippen molar-refractivity contribution in [2.75, 3.05) is 12.4 Å². The molecule has 0 aliphatic carbocycles. The number of anilines is 1. The largest absolute Gasteiger partial charge is 0.493 e. The van der Waals surface area contributed by atoms with E-state index >= 15 is 0 Å². The number of amides is 1. The Balaban J connectivity index is 1.88. The molecule has 3 aromatic carbocycles. The van der Waals surface area contributed by atoms with Crippen LogP contribution in [0.25, 0.3) is 6.08 Å². The van der Waals surface area contributed by atoms with Crippen LogP contribution in [0.3, 0.4) is 0 Å². The minimum Gasteiger partial charge on any atom is -0.493 e. The first-order valence-electron chi connectivity index (χ1n) is 10.3. The van der Waals surface area contributed by atoms with Crippen molar-refractivity contribution >= 4 is 45.2 Å². The zero-order valence-electron chi connectivity index (χ0n) is 18.5. The SMILES string of the molecule is C=CCc1cc(/C=C(/C#N)C(=O)Nc2ccc(Br)cc2)cc(OC)c1OCc1ccc(Cl)cc1. The summed E-state index contributed by atoms with van der Waals surface area (Å²) in [5, 5.41) is 13.0. The summed E-state index contributed by atoms with van der Waals surface area (Å²) in [6.45, 7) is 4.15. The molecule has 0 aliphatic heterocycles. The van der Waals surface area contributed by atoms with Crippen LogP contribution in [0, 0.1) is 11.3 Å². The molecule has 0 radical (unpaired) electrons. The van der Waals surface area contributed by atoms with Crippen molar-refractivity contribution in [2.24, 2.45) is 0 Å². The van der Waals surface area contributed by atoms with Crippen molar-refractivity contribution in [3.8, 4) is 17.6 Å². The fourth-order valence-corrected chi connectivity index (χ4v) is 3.56. The number of hydrogen-bond acceptors (Lipinski definition) is 4. The molecular weight excluding hydrogens is 516 g/mol. The van der Waals surface area contributed by atoms with Crippen LogP contribution in [-0.2, 0) is 17.8 Å². The number of methoxy groups -OCH3 is 1. The molecule has 1 N–H and O–H groups in total. The van der Waals surface area contributed by atoms with Crippen LogP contribution in [0.4, 0.5) is 5.69 Å². The molecule has 0 heterocycles. The van der Waals surface area contributed by atoms with Crippen LogP contribution in [0.2, 0.25) is 5.02 Å². The second kappa shape index (κ2) is 12.1. The molecule has 0 atom stereocenters. The maximum Gasteiger partial charge on any atom is 0.266 e. The maximum atomic E-state index is 12.7. The van der Waals surface area contributed by atoms with E-state index in [1.807, 2.05) is 24.3 Å². The lowest BCUT2D eigenvalue weighted by Crippen LogP contribution is -2.13. The summed E-state index contributed by atoms with van der Waals surface area (Å²) in [7, 11) is 1.54. The van der Waals surface area contributed by atoms with E-state index in [4.69, 9.17) is 21.1 Å². The molecule has 1 amide bonds. The number of carbonyl (C=O) groups excluding carboxylic acids is 1. The zero-order chi connectivity index (χ0) is 24.5. The quantitative estimate of drug-likeness (QED) is 0.182. The zero-order valence-corrected chi connectivity index (χ0v) is 20.8. The lowest BCUT2D eigenvalue weighted by atomic mass is 10.0. The van der Waals surface area contributed by atoms with Gasteiger partial charge in [0.25, 0.3) is 5.91 Å². The van der Waals surface area contributed by atoms with Gasteiger partial charge in [-0.2, -0.15) is 5.26 Å². The molecule has 0 aliphatic rings. The third kappa shape index (κ3) is 6.74. The van der Waals surface area contributed by atoms with E-state index in [1.54, 1.807) is 55.7 Å². The van der Waals surface area contributed by atoms with E-state index in [9.17, 15) is 10.1 Å². The molecular formula is C27H22BrClN2O3. The Morgan fingerprint density at radius 1 is 1.18 bits per heavy atom. The highest BCUT2D eigenvalue weighted by Crippen LogP contribution is 2.35. The molecule has 34 heavy (non-hydrogen) atoms. The molecule has 3 rings (SSSR count). The van der Waals surface area contributed by atoms with E-state index in [1.165, 1.54) is 6.08 Å². The van der Waals surface area contributed by atoms with Crippen molar-refractivity contribution < 1.29 is 14.3 Å². The van der Waals surface area contributed by atoms with Crippen molar-refractivity contribution in [2.45, 2.75) is 13.0 Å². The first-order chi connectivity index (χ1) is 16.4. The van der Waals surface area contributed by atoms with Crippen molar-refractivity contribution in [1.29, 1.82) is 5.26 Å². The molecule has 5 nitrogen and oxygen atoms in total. The van der Waals surface area contributed by atoms with Crippen LogP contribution in [0.5, 0.6) is 11.5 Å². The smallest absolute Gasteiger partial charge is 0.266 e. The van der Waals surface area contributed by atoms with E-state index in [2.05, 4.69) is 27.8 Å². The van der Waals surface area contributed by atoms with Gasteiger partial charge in [-0.3, -0.25) is 4.79 Å². The predicted octanol–water partition coefficient (Wildman–Crippen LogP) is 6.96. The van der Waals surface area contributed by atoms with Crippen molar-refractivity contribution in [3.63, 3.8) is 0 Å². The standard InChI is InChI=1S/C27H22BrClN2O3/c1-3-4-20-13-19(14-21(16-30)27(32)31-24-11-7-22(28)8-12-24)15-25(33-2)26(20)34-17-18-5-9-23(29)10-6-18/h3,5-15H,1,4,17H2,2H3,(H,31,32)/b21-14-. The Bertz CT molecular complexity index is 1250. The van der Waals surface area contributed by atoms with Crippen LogP contribution in [-0.4, -0.2) is 13.0 Å². The Morgan fingerprint density at radius 2 is 1.88 bits per heavy atom. The van der Waals surface area contributed by atoms with Gasteiger partial charge >= 0.3 is 0 Å². The number of nitrogens with zero attached hydrogens (tertiary/aromatic N) is 1. The van der Waals surface area contributed by atoms with Gasteiger partial charge in [-0.05, 0) is 72.2 Å². The molecule has 7 heteroatoms. The van der Waals surface area contributed by atoms with E-state index in [-0.39, 0.29) is 5.57 Å². The minimum atomic E-state index is -0.503. The summed E-state index contributed by atoms with van der Waals surface area (Å²) in [6.07, 6.45) is 3.79. The first-order valence-corrected chi connectivity index (χ1v) is 11.5. The number of allylic oxidation sites excluding steroid dienone is 1. The highest BCUT2D eigenvalue weighted by molar-refractivity contribution is 9.10. The number of carbonyl (C=O) groups is 1. The second-order valence-corrected chi connectivity index (χ2v) is 8.60. The topological polar surface area (TPSA) is 71.4 Å². The molecule has 172 valence electrons. The van der Waals surface area contributed by atoms with Crippen LogP contribution in [0.1, 0.15) is 16.7 Å². The average Bonchev–Trinajstić information content (AvgIpc) is 2.84. The number of nitrogens with one attached hydrogen (secondary N) is 1. The fraction of sp³-hybridized carbons (Fsp3) is 0.111. The number of nitriles is 1. The van der Waals surface area contributed by atoms with Crippen LogP contribution >= 0.6 is 27.5 Å². The van der Waals surface area contributed by atoms with Gasteiger partial charge in [0, 0.05) is 20.7 Å². The fourth-order valence-electron chi connectivity index (χ4n) is 3.17. The lowest BCUT2D eigenvalue weighted by molar-refractivity contribution is -0.112. The molecule has 0 saturated heterocycles. The summed E-state index contributed by atoms with van der Waals surface area (Å²) in [5.74, 6) is 0.564. The number of ether oxygens (including phenoxy) is 2. The van der Waals surface area contributed by atoms with Crippen LogP contribution in [0.15, 0.2) is 83.4 Å². The highest BCUT2D eigenvalue weighted by atomic mass is 79.9. The Kier molecular flexibility index (Phi) is 8.92. The average molecular weight is 538 g/mol. The number of hydrogen-bond donors (Lipinski definition) is 1. The summed E-state index contributed by atoms with van der Waals surface area (Å²) < 4.78 is 12.5. The van der Waals surface area contributed by atoms with E-state index < -0.39 is 5.91 Å². The molecule has 0 bridgehead atoms. The van der Waals surface area contributed by atoms with Crippen molar-refractivity contribution in [1.82, 2.24) is 0 Å². The molecule has 0 aromatic heterocycles. The summed E-state index contributed by atoms with van der Waals surface area (Å²) >= 11 is 9.31. The van der Waals surface area contributed by atoms with Gasteiger partial charge in [0.2, 0.25) is 0 Å². The van der Waals surface area contributed by atoms with Gasteiger partial charge in [0.05, 0.1) is 7.11 Å².